The van der Waals surface area contributed by atoms with E-state index in [0.717, 1.165) is 22.3 Å². The number of pyridine rings is 1. The van der Waals surface area contributed by atoms with Gasteiger partial charge in [0.2, 0.25) is 0 Å². The third-order valence-corrected chi connectivity index (χ3v) is 13.7. The Bertz CT molecular complexity index is 2490. The second-order valence-corrected chi connectivity index (χ2v) is 18.0. The molecule has 61 heavy (non-hydrogen) atoms. The summed E-state index contributed by atoms with van der Waals surface area (Å²) in [5, 5.41) is 24.7. The van der Waals surface area contributed by atoms with E-state index < -0.39 is 37.1 Å². The molecule has 2 aliphatic rings. The Labute approximate surface area is 356 Å². The number of aliphatic hydroxyl groups is 2. The summed E-state index contributed by atoms with van der Waals surface area (Å²) in [5.74, 6) is -1.02. The number of fused-ring (bicyclic) bond motifs is 3. The van der Waals surface area contributed by atoms with Crippen LogP contribution in [0.5, 0.6) is 0 Å². The van der Waals surface area contributed by atoms with Crippen molar-refractivity contribution in [1.82, 2.24) is 4.98 Å². The fourth-order valence-electron chi connectivity index (χ4n) is 9.19. The number of amides is 1. The molecular formula is C50H49N2O8P. The number of carbonyl (C=O) groups is 2. The first-order chi connectivity index (χ1) is 29.4. The van der Waals surface area contributed by atoms with Gasteiger partial charge in [-0.2, -0.15) is 0 Å². The van der Waals surface area contributed by atoms with Gasteiger partial charge >= 0.3 is 7.82 Å². The molecule has 0 bridgehead atoms. The summed E-state index contributed by atoms with van der Waals surface area (Å²) >= 11 is 0. The number of anilines is 1. The van der Waals surface area contributed by atoms with Gasteiger partial charge in [-0.1, -0.05) is 127 Å². The normalized spacial score (nSPS) is 22.2. The van der Waals surface area contributed by atoms with Crippen molar-refractivity contribution in [1.29, 1.82) is 0 Å². The second kappa shape index (κ2) is 17.4. The molecule has 1 saturated carbocycles. The van der Waals surface area contributed by atoms with Crippen molar-refractivity contribution in [3.05, 3.63) is 202 Å². The quantitative estimate of drug-likeness (QED) is 0.0812. The molecule has 1 aromatic heterocycles. The first kappa shape index (κ1) is 42.1. The van der Waals surface area contributed by atoms with E-state index in [2.05, 4.69) is 4.98 Å². The maximum atomic E-state index is 14.8. The Hall–Kier alpha value is -5.58. The van der Waals surface area contributed by atoms with Crippen LogP contribution in [0.2, 0.25) is 0 Å². The number of aryl methyl sites for hydroxylation is 1. The highest BCUT2D eigenvalue weighted by molar-refractivity contribution is 7.48. The maximum Gasteiger partial charge on any atom is 0.477 e. The van der Waals surface area contributed by atoms with Crippen molar-refractivity contribution in [3.63, 3.8) is 0 Å². The number of phosphoric acid groups is 1. The average Bonchev–Trinajstić information content (AvgIpc) is 3.28. The zero-order valence-electron chi connectivity index (χ0n) is 34.2. The van der Waals surface area contributed by atoms with E-state index in [0.29, 0.717) is 28.9 Å². The number of hydrogen-bond donors (Lipinski definition) is 2. The van der Waals surface area contributed by atoms with Gasteiger partial charge in [-0.05, 0) is 91.1 Å². The minimum atomic E-state index is -4.32. The van der Waals surface area contributed by atoms with Gasteiger partial charge in [0.05, 0.1) is 30.2 Å². The number of rotatable bonds is 14. The molecule has 10 nitrogen and oxygen atoms in total. The summed E-state index contributed by atoms with van der Waals surface area (Å²) in [4.78, 5) is 34.9. The fraction of sp³-hybridized carbons (Fsp3) is 0.260. The molecule has 11 heteroatoms. The number of aromatic nitrogens is 1. The molecule has 2 N–H and O–H groups in total. The van der Waals surface area contributed by atoms with E-state index >= 15 is 0 Å². The van der Waals surface area contributed by atoms with Crippen molar-refractivity contribution in [2.75, 3.05) is 11.6 Å². The number of ketones is 1. The summed E-state index contributed by atoms with van der Waals surface area (Å²) in [6.45, 7) is 2.76. The number of phosphoric ester groups is 1. The molecule has 2 aliphatic carbocycles. The lowest BCUT2D eigenvalue weighted by atomic mass is 9.48. The molecule has 4 atom stereocenters. The SMILES string of the molecule is Cc1ncccc1N(COP(=O)(OCc1ccccc1)OCc1ccccc1)C(=O)c1ccc2c(c1)C(=O)C[C@@H]1C[C@@](O)(c3ccccc3)[C@](C)(O)C[C@@]21Cc1ccccc1. The summed E-state index contributed by atoms with van der Waals surface area (Å²) < 4.78 is 32.1. The van der Waals surface area contributed by atoms with Crippen molar-refractivity contribution in [2.24, 2.45) is 5.92 Å². The minimum absolute atomic E-state index is 0.0684. The highest BCUT2D eigenvalue weighted by Crippen LogP contribution is 2.60. The van der Waals surface area contributed by atoms with Gasteiger partial charge in [-0.3, -0.25) is 33.0 Å². The third-order valence-electron chi connectivity index (χ3n) is 12.3. The van der Waals surface area contributed by atoms with Crippen LogP contribution in [0.3, 0.4) is 0 Å². The molecule has 0 saturated heterocycles. The zero-order valence-corrected chi connectivity index (χ0v) is 35.1. The van der Waals surface area contributed by atoms with Gasteiger partial charge < -0.3 is 10.2 Å². The van der Waals surface area contributed by atoms with Gasteiger partial charge in [0, 0.05) is 29.2 Å². The van der Waals surface area contributed by atoms with Crippen LogP contribution in [0, 0.1) is 12.8 Å². The first-order valence-electron chi connectivity index (χ1n) is 20.5. The van der Waals surface area contributed by atoms with Crippen LogP contribution in [0.1, 0.15) is 80.4 Å². The van der Waals surface area contributed by atoms with E-state index in [1.54, 1.807) is 44.3 Å². The fourth-order valence-corrected chi connectivity index (χ4v) is 10.3. The lowest BCUT2D eigenvalue weighted by Crippen LogP contribution is -2.63. The molecule has 0 spiro atoms. The van der Waals surface area contributed by atoms with E-state index in [1.165, 1.54) is 4.90 Å². The van der Waals surface area contributed by atoms with Gasteiger partial charge in [0.25, 0.3) is 5.91 Å². The van der Waals surface area contributed by atoms with E-state index in [4.69, 9.17) is 13.6 Å². The van der Waals surface area contributed by atoms with Crippen molar-refractivity contribution >= 4 is 25.2 Å². The summed E-state index contributed by atoms with van der Waals surface area (Å²) in [7, 11) is -4.32. The molecule has 1 heterocycles. The highest BCUT2D eigenvalue weighted by atomic mass is 31.2. The number of Topliss-reactive ketones (excluding diaryl/α,β-unsaturated/α-hetero) is 1. The molecule has 1 fully saturated rings. The van der Waals surface area contributed by atoms with E-state index in [-0.39, 0.29) is 49.7 Å². The van der Waals surface area contributed by atoms with Gasteiger partial charge in [0.15, 0.2) is 5.78 Å². The molecule has 6 aromatic rings. The first-order valence-corrected chi connectivity index (χ1v) is 21.9. The Balaban J connectivity index is 1.14. The van der Waals surface area contributed by atoms with Gasteiger partial charge in [-0.25, -0.2) is 4.57 Å². The smallest absolute Gasteiger partial charge is 0.387 e. The lowest BCUT2D eigenvalue weighted by Gasteiger charge is -2.59. The number of carbonyl (C=O) groups excluding carboxylic acids is 2. The predicted octanol–water partition coefficient (Wildman–Crippen LogP) is 9.67. The van der Waals surface area contributed by atoms with Gasteiger partial charge in [-0.15, -0.1) is 0 Å². The van der Waals surface area contributed by atoms with Crippen LogP contribution in [0.4, 0.5) is 5.69 Å². The van der Waals surface area contributed by atoms with Crippen LogP contribution in [0.15, 0.2) is 158 Å². The predicted molar refractivity (Wildman–Crippen MR) is 233 cm³/mol. The van der Waals surface area contributed by atoms with Crippen LogP contribution in [0.25, 0.3) is 0 Å². The Morgan fingerprint density at radius 2 is 1.34 bits per heavy atom. The molecule has 0 unspecified atom stereocenters. The monoisotopic (exact) mass is 836 g/mol. The van der Waals surface area contributed by atoms with Gasteiger partial charge in [0.1, 0.15) is 12.3 Å². The second-order valence-electron chi connectivity index (χ2n) is 16.3. The topological polar surface area (TPSA) is 135 Å². The van der Waals surface area contributed by atoms with Crippen molar-refractivity contribution in [3.8, 4) is 0 Å². The largest absolute Gasteiger partial charge is 0.477 e. The molecule has 5 aromatic carbocycles. The summed E-state index contributed by atoms with van der Waals surface area (Å²) in [6, 6.07) is 46.1. The van der Waals surface area contributed by atoms with Crippen molar-refractivity contribution < 1.29 is 37.9 Å². The number of hydrogen-bond acceptors (Lipinski definition) is 9. The lowest BCUT2D eigenvalue weighted by molar-refractivity contribution is -0.203. The van der Waals surface area contributed by atoms with Crippen LogP contribution < -0.4 is 4.90 Å². The van der Waals surface area contributed by atoms with Crippen LogP contribution in [-0.4, -0.2) is 39.2 Å². The summed E-state index contributed by atoms with van der Waals surface area (Å²) in [6.07, 6.45) is 2.54. The molecule has 0 radical (unpaired) electrons. The molecule has 0 aliphatic heterocycles. The Kier molecular flexibility index (Phi) is 12.0. The molecule has 1 amide bonds. The Morgan fingerprint density at radius 3 is 1.93 bits per heavy atom. The zero-order chi connectivity index (χ0) is 42.7. The highest BCUT2D eigenvalue weighted by Gasteiger charge is 2.62. The molecular weight excluding hydrogens is 788 g/mol. The standard InChI is InChI=1S/C50H49N2O8P/c1-36-45(24-15-27-51-36)52(35-60-61(57,58-32-38-18-9-4-10-19-38)59-33-39-20-11-5-12-21-39)47(54)40-25-26-44-43(28-40)46(53)29-42-31-50(56,41-22-13-6-14-23-41)48(2,55)34-49(42,44)30-37-16-7-3-8-17-37/h3-28,42,55-56H,29-35H2,1-2H3/t42-,48-,49-,50-/m1/s1. The van der Waals surface area contributed by atoms with E-state index in [1.807, 2.05) is 127 Å². The average molecular weight is 837 g/mol. The van der Waals surface area contributed by atoms with Crippen molar-refractivity contribution in [2.45, 2.75) is 69.4 Å². The number of benzene rings is 5. The van der Waals surface area contributed by atoms with Crippen LogP contribution >= 0.6 is 7.82 Å². The Morgan fingerprint density at radius 1 is 0.770 bits per heavy atom. The third kappa shape index (κ3) is 8.66. The molecule has 312 valence electrons. The molecule has 8 rings (SSSR count). The summed E-state index contributed by atoms with van der Waals surface area (Å²) in [5.41, 5.74) is 1.38. The minimum Gasteiger partial charge on any atom is -0.387 e. The maximum absolute atomic E-state index is 14.8. The van der Waals surface area contributed by atoms with Crippen LogP contribution in [-0.2, 0) is 48.8 Å². The van der Waals surface area contributed by atoms with E-state index in [9.17, 15) is 24.4 Å². The number of nitrogens with zero attached hydrogens (tertiary/aromatic N) is 2.